The van der Waals surface area contributed by atoms with Crippen LogP contribution in [0.5, 0.6) is 11.5 Å². The SMILES string of the molecule is CC[N+]1=C(N/N=C/c2ccc(OC)c(OC)c2)N=C2C1C(=O)N(C)C(=O)N2C. The number of aliphatic imine (C=N–C) groups is 1. The van der Waals surface area contributed by atoms with E-state index >= 15 is 0 Å². The minimum absolute atomic E-state index is 0.315. The Balaban J connectivity index is 1.83. The molecule has 28 heavy (non-hydrogen) atoms. The zero-order valence-corrected chi connectivity index (χ0v) is 16.5. The number of nitrogens with zero attached hydrogens (tertiary/aromatic N) is 5. The smallest absolute Gasteiger partial charge is 0.413 e. The van der Waals surface area contributed by atoms with Gasteiger partial charge in [-0.1, -0.05) is 4.99 Å². The van der Waals surface area contributed by atoms with E-state index in [1.54, 1.807) is 44.2 Å². The molecule has 10 heteroatoms. The molecule has 0 aromatic heterocycles. The second-order valence-electron chi connectivity index (χ2n) is 6.21. The van der Waals surface area contributed by atoms with Crippen LogP contribution in [0.4, 0.5) is 4.79 Å². The summed E-state index contributed by atoms with van der Waals surface area (Å²) < 4.78 is 12.3. The van der Waals surface area contributed by atoms with Crippen molar-refractivity contribution >= 4 is 29.9 Å². The number of guanidine groups is 1. The number of hydrogen-bond acceptors (Lipinski definition) is 7. The molecule has 0 saturated carbocycles. The number of carbonyl (C=O) groups excluding carboxylic acids is 2. The van der Waals surface area contributed by atoms with Crippen molar-refractivity contribution in [2.75, 3.05) is 34.9 Å². The molecule has 0 bridgehead atoms. The van der Waals surface area contributed by atoms with Gasteiger partial charge in [-0.3, -0.25) is 14.6 Å². The molecule has 1 unspecified atom stereocenters. The van der Waals surface area contributed by atoms with Gasteiger partial charge in [-0.15, -0.1) is 5.10 Å². The summed E-state index contributed by atoms with van der Waals surface area (Å²) in [5.41, 5.74) is 3.66. The fraction of sp³-hybridized carbons (Fsp3) is 0.389. The second kappa shape index (κ2) is 7.67. The monoisotopic (exact) mass is 387 g/mol. The van der Waals surface area contributed by atoms with Gasteiger partial charge in [-0.2, -0.15) is 5.43 Å². The Morgan fingerprint density at radius 2 is 1.93 bits per heavy atom. The number of urea groups is 1. The zero-order chi connectivity index (χ0) is 20.4. The number of fused-ring (bicyclic) bond motifs is 1. The molecule has 3 amide bonds. The van der Waals surface area contributed by atoms with E-state index in [2.05, 4.69) is 15.5 Å². The number of hydrogen-bond donors (Lipinski definition) is 1. The molecule has 0 aliphatic carbocycles. The molecule has 2 heterocycles. The van der Waals surface area contributed by atoms with Crippen molar-refractivity contribution in [3.8, 4) is 11.5 Å². The van der Waals surface area contributed by atoms with Crippen molar-refractivity contribution in [2.45, 2.75) is 13.0 Å². The number of methoxy groups -OCH3 is 2. The van der Waals surface area contributed by atoms with Crippen molar-refractivity contribution in [2.24, 2.45) is 10.1 Å². The molecule has 148 valence electrons. The minimum Gasteiger partial charge on any atom is -0.493 e. The molecule has 0 radical (unpaired) electrons. The molecule has 0 spiro atoms. The van der Waals surface area contributed by atoms with Gasteiger partial charge in [0.25, 0.3) is 5.91 Å². The zero-order valence-electron chi connectivity index (χ0n) is 16.5. The Bertz CT molecular complexity index is 907. The van der Waals surface area contributed by atoms with Crippen molar-refractivity contribution < 1.29 is 23.6 Å². The first-order chi connectivity index (χ1) is 13.4. The van der Waals surface area contributed by atoms with Gasteiger partial charge < -0.3 is 9.47 Å². The van der Waals surface area contributed by atoms with Crippen LogP contribution in [-0.4, -0.2) is 85.2 Å². The number of amides is 3. The summed E-state index contributed by atoms with van der Waals surface area (Å²) >= 11 is 0. The lowest BCUT2D eigenvalue weighted by molar-refractivity contribution is -0.533. The molecule has 1 fully saturated rings. The molecule has 3 rings (SSSR count). The molecule has 2 aliphatic rings. The first-order valence-electron chi connectivity index (χ1n) is 8.71. The fourth-order valence-electron chi connectivity index (χ4n) is 3.12. The summed E-state index contributed by atoms with van der Waals surface area (Å²) in [5.74, 6) is 1.70. The van der Waals surface area contributed by atoms with Crippen LogP contribution in [0, 0.1) is 0 Å². The van der Waals surface area contributed by atoms with Crippen molar-refractivity contribution in [3.63, 3.8) is 0 Å². The van der Waals surface area contributed by atoms with E-state index in [-0.39, 0.29) is 5.91 Å². The van der Waals surface area contributed by atoms with E-state index in [0.717, 1.165) is 10.5 Å². The predicted molar refractivity (Wildman–Crippen MR) is 103 cm³/mol. The maximum Gasteiger partial charge on any atom is 0.413 e. The molecular weight excluding hydrogens is 364 g/mol. The highest BCUT2D eigenvalue weighted by atomic mass is 16.5. The Kier molecular flexibility index (Phi) is 5.30. The molecule has 10 nitrogen and oxygen atoms in total. The minimum atomic E-state index is -0.642. The van der Waals surface area contributed by atoms with Crippen LogP contribution in [-0.2, 0) is 4.79 Å². The average Bonchev–Trinajstić information content (AvgIpc) is 3.09. The lowest BCUT2D eigenvalue weighted by Gasteiger charge is -2.31. The Hall–Kier alpha value is -3.43. The van der Waals surface area contributed by atoms with E-state index in [0.29, 0.717) is 29.8 Å². The highest BCUT2D eigenvalue weighted by Gasteiger charge is 2.51. The number of carbonyl (C=O) groups is 2. The third-order valence-electron chi connectivity index (χ3n) is 4.66. The van der Waals surface area contributed by atoms with Gasteiger partial charge in [0.2, 0.25) is 11.9 Å². The van der Waals surface area contributed by atoms with Gasteiger partial charge in [0.05, 0.1) is 27.0 Å². The second-order valence-corrected chi connectivity index (χ2v) is 6.21. The van der Waals surface area contributed by atoms with Crippen molar-refractivity contribution in [3.05, 3.63) is 23.8 Å². The van der Waals surface area contributed by atoms with Crippen molar-refractivity contribution in [1.82, 2.24) is 15.2 Å². The molecule has 1 aromatic carbocycles. The lowest BCUT2D eigenvalue weighted by atomic mass is 10.1. The lowest BCUT2D eigenvalue weighted by Crippen LogP contribution is -2.61. The Morgan fingerprint density at radius 3 is 2.57 bits per heavy atom. The van der Waals surface area contributed by atoms with Gasteiger partial charge in [-0.05, 0) is 30.7 Å². The van der Waals surface area contributed by atoms with E-state index in [4.69, 9.17) is 9.47 Å². The maximum atomic E-state index is 12.6. The number of amidine groups is 1. The number of benzene rings is 1. The van der Waals surface area contributed by atoms with Crippen LogP contribution in [0.2, 0.25) is 0 Å². The quantitative estimate of drug-likeness (QED) is 0.446. The van der Waals surface area contributed by atoms with Crippen LogP contribution in [0.3, 0.4) is 0 Å². The molecular formula is C18H23N6O4+. The maximum absolute atomic E-state index is 12.6. The molecule has 1 saturated heterocycles. The molecule has 1 N–H and O–H groups in total. The third kappa shape index (κ3) is 3.17. The summed E-state index contributed by atoms with van der Waals surface area (Å²) in [6.45, 7) is 2.43. The average molecular weight is 387 g/mol. The van der Waals surface area contributed by atoms with Crippen LogP contribution in [0.1, 0.15) is 12.5 Å². The number of rotatable bonds is 5. The first kappa shape index (κ1) is 19.3. The molecule has 1 aromatic rings. The van der Waals surface area contributed by atoms with E-state index in [9.17, 15) is 9.59 Å². The summed E-state index contributed by atoms with van der Waals surface area (Å²) in [7, 11) is 6.20. The topological polar surface area (TPSA) is 98.8 Å². The Morgan fingerprint density at radius 1 is 1.21 bits per heavy atom. The van der Waals surface area contributed by atoms with E-state index < -0.39 is 12.1 Å². The fourth-order valence-corrected chi connectivity index (χ4v) is 3.12. The summed E-state index contributed by atoms with van der Waals surface area (Å²) in [5, 5.41) is 4.21. The molecule has 1 atom stereocenters. The number of imide groups is 1. The van der Waals surface area contributed by atoms with Gasteiger partial charge in [0.15, 0.2) is 11.5 Å². The van der Waals surface area contributed by atoms with Gasteiger partial charge in [0, 0.05) is 14.1 Å². The van der Waals surface area contributed by atoms with Gasteiger partial charge in [-0.25, -0.2) is 9.37 Å². The number of likely N-dealkylation sites (N-methyl/N-ethyl adjacent to an activating group) is 3. The van der Waals surface area contributed by atoms with Crippen molar-refractivity contribution in [1.29, 1.82) is 0 Å². The van der Waals surface area contributed by atoms with E-state index in [1.807, 2.05) is 13.0 Å². The van der Waals surface area contributed by atoms with Gasteiger partial charge >= 0.3 is 12.0 Å². The normalized spacial score (nSPS) is 19.3. The van der Waals surface area contributed by atoms with Crippen LogP contribution >= 0.6 is 0 Å². The molecule has 2 aliphatic heterocycles. The number of ether oxygens (including phenoxy) is 2. The first-order valence-corrected chi connectivity index (χ1v) is 8.71. The largest absolute Gasteiger partial charge is 0.493 e. The summed E-state index contributed by atoms with van der Waals surface area (Å²) in [6, 6.07) is 4.35. The van der Waals surface area contributed by atoms with Gasteiger partial charge in [0.1, 0.15) is 0 Å². The standard InChI is InChI=1S/C18H22N6O4/c1-6-24-14-15(22(2)18(26)23(3)16(14)25)20-17(24)21-19-10-11-7-8-12(27-4)13(9-11)28-5/h7-10,14H,6H2,1-5H3/p+1/b19-10+. The highest BCUT2D eigenvalue weighted by Crippen LogP contribution is 2.26. The van der Waals surface area contributed by atoms with E-state index in [1.165, 1.54) is 11.9 Å². The Labute approximate surface area is 162 Å². The summed E-state index contributed by atoms with van der Waals surface area (Å²) in [6.07, 6.45) is 1.60. The predicted octanol–water partition coefficient (Wildman–Crippen LogP) is 0.320. The highest BCUT2D eigenvalue weighted by molar-refractivity contribution is 6.22. The van der Waals surface area contributed by atoms with Crippen LogP contribution in [0.15, 0.2) is 28.3 Å². The number of nitrogens with one attached hydrogen (secondary N) is 1. The van der Waals surface area contributed by atoms with Crippen LogP contribution in [0.25, 0.3) is 0 Å². The third-order valence-corrected chi connectivity index (χ3v) is 4.66. The summed E-state index contributed by atoms with van der Waals surface area (Å²) in [4.78, 5) is 31.6. The van der Waals surface area contributed by atoms with Crippen LogP contribution < -0.4 is 14.9 Å². The number of hydrazone groups is 1.